The number of nitrogens with two attached hydrogens (primary N) is 1. The fourth-order valence-corrected chi connectivity index (χ4v) is 3.43. The summed E-state index contributed by atoms with van der Waals surface area (Å²) in [7, 11) is 0. The molecule has 1 aliphatic rings. The maximum absolute atomic E-state index is 13.6. The molecule has 0 amide bonds. The average molecular weight is 297 g/mol. The number of halogens is 2. The van der Waals surface area contributed by atoms with E-state index in [0.717, 1.165) is 17.6 Å². The summed E-state index contributed by atoms with van der Waals surface area (Å²) in [5, 5.41) is 3.84. The van der Waals surface area contributed by atoms with Crippen LogP contribution in [-0.4, -0.2) is 27.7 Å². The SMILES string of the molecule is NC1CSCC1c1nc(Cc2ccc(F)cc2F)no1. The Kier molecular flexibility index (Phi) is 3.71. The van der Waals surface area contributed by atoms with Crippen molar-refractivity contribution in [3.8, 4) is 0 Å². The summed E-state index contributed by atoms with van der Waals surface area (Å²) >= 11 is 1.75. The zero-order valence-electron chi connectivity index (χ0n) is 10.6. The molecule has 0 bridgehead atoms. The molecule has 2 atom stereocenters. The van der Waals surface area contributed by atoms with E-state index in [9.17, 15) is 8.78 Å². The number of hydrogen-bond donors (Lipinski definition) is 1. The van der Waals surface area contributed by atoms with Gasteiger partial charge < -0.3 is 10.3 Å². The molecule has 3 rings (SSSR count). The van der Waals surface area contributed by atoms with Gasteiger partial charge >= 0.3 is 0 Å². The molecule has 4 nitrogen and oxygen atoms in total. The minimum Gasteiger partial charge on any atom is -0.339 e. The second-order valence-electron chi connectivity index (χ2n) is 4.77. The maximum atomic E-state index is 13.6. The smallest absolute Gasteiger partial charge is 0.232 e. The first kappa shape index (κ1) is 13.5. The van der Waals surface area contributed by atoms with Crippen LogP contribution in [0.3, 0.4) is 0 Å². The molecule has 106 valence electrons. The minimum atomic E-state index is -0.607. The Morgan fingerprint density at radius 2 is 2.20 bits per heavy atom. The molecular formula is C13H13F2N3OS. The van der Waals surface area contributed by atoms with Gasteiger partial charge in [-0.3, -0.25) is 0 Å². The van der Waals surface area contributed by atoms with Gasteiger partial charge in [-0.25, -0.2) is 8.78 Å². The van der Waals surface area contributed by atoms with Crippen molar-refractivity contribution < 1.29 is 13.3 Å². The third-order valence-electron chi connectivity index (χ3n) is 3.29. The molecule has 7 heteroatoms. The van der Waals surface area contributed by atoms with E-state index in [-0.39, 0.29) is 18.4 Å². The lowest BCUT2D eigenvalue weighted by atomic mass is 10.1. The summed E-state index contributed by atoms with van der Waals surface area (Å²) in [4.78, 5) is 4.27. The molecule has 2 heterocycles. The lowest BCUT2D eigenvalue weighted by Crippen LogP contribution is -2.26. The van der Waals surface area contributed by atoms with Crippen molar-refractivity contribution in [1.82, 2.24) is 10.1 Å². The molecule has 0 aliphatic carbocycles. The quantitative estimate of drug-likeness (QED) is 0.940. The highest BCUT2D eigenvalue weighted by Gasteiger charge is 2.30. The normalized spacial score (nSPS) is 22.4. The molecular weight excluding hydrogens is 284 g/mol. The van der Waals surface area contributed by atoms with Gasteiger partial charge in [0, 0.05) is 30.0 Å². The Balaban J connectivity index is 1.77. The summed E-state index contributed by atoms with van der Waals surface area (Å²) in [6.07, 6.45) is 0.171. The van der Waals surface area contributed by atoms with Gasteiger partial charge in [0.05, 0.1) is 5.92 Å². The molecule has 1 aliphatic heterocycles. The fourth-order valence-electron chi connectivity index (χ4n) is 2.15. The van der Waals surface area contributed by atoms with Gasteiger partial charge in [-0.1, -0.05) is 11.2 Å². The summed E-state index contributed by atoms with van der Waals surface area (Å²) < 4.78 is 31.6. The highest BCUT2D eigenvalue weighted by Crippen LogP contribution is 2.30. The van der Waals surface area contributed by atoms with E-state index < -0.39 is 11.6 Å². The summed E-state index contributed by atoms with van der Waals surface area (Å²) in [5.41, 5.74) is 6.30. The Bertz CT molecular complexity index is 619. The lowest BCUT2D eigenvalue weighted by Gasteiger charge is -2.07. The van der Waals surface area contributed by atoms with Gasteiger partial charge in [0.15, 0.2) is 5.82 Å². The van der Waals surface area contributed by atoms with Gasteiger partial charge in [0.1, 0.15) is 11.6 Å². The molecule has 2 aromatic rings. The number of thioether (sulfide) groups is 1. The predicted molar refractivity (Wildman–Crippen MR) is 71.5 cm³/mol. The van der Waals surface area contributed by atoms with E-state index in [4.69, 9.17) is 10.3 Å². The van der Waals surface area contributed by atoms with E-state index in [2.05, 4.69) is 10.1 Å². The molecule has 0 spiro atoms. The van der Waals surface area contributed by atoms with Crippen molar-refractivity contribution >= 4 is 11.8 Å². The second kappa shape index (κ2) is 5.49. The van der Waals surface area contributed by atoms with E-state index in [1.807, 2.05) is 0 Å². The van der Waals surface area contributed by atoms with Gasteiger partial charge in [0.2, 0.25) is 5.89 Å². The van der Waals surface area contributed by atoms with Crippen LogP contribution >= 0.6 is 11.8 Å². The Morgan fingerprint density at radius 1 is 1.35 bits per heavy atom. The van der Waals surface area contributed by atoms with E-state index in [1.54, 1.807) is 11.8 Å². The van der Waals surface area contributed by atoms with Gasteiger partial charge in [-0.2, -0.15) is 16.7 Å². The van der Waals surface area contributed by atoms with Crippen LogP contribution < -0.4 is 5.73 Å². The highest BCUT2D eigenvalue weighted by molar-refractivity contribution is 7.99. The van der Waals surface area contributed by atoms with Crippen molar-refractivity contribution in [3.63, 3.8) is 0 Å². The highest BCUT2D eigenvalue weighted by atomic mass is 32.2. The predicted octanol–water partition coefficient (Wildman–Crippen LogP) is 2.10. The first-order valence-corrected chi connectivity index (χ1v) is 7.38. The number of rotatable bonds is 3. The minimum absolute atomic E-state index is 0.0101. The second-order valence-corrected chi connectivity index (χ2v) is 5.84. The number of nitrogens with zero attached hydrogens (tertiary/aromatic N) is 2. The largest absolute Gasteiger partial charge is 0.339 e. The first-order valence-electron chi connectivity index (χ1n) is 6.23. The molecule has 0 saturated carbocycles. The van der Waals surface area contributed by atoms with Crippen molar-refractivity contribution in [3.05, 3.63) is 47.1 Å². The molecule has 1 aromatic carbocycles. The van der Waals surface area contributed by atoms with E-state index in [1.165, 1.54) is 12.1 Å². The van der Waals surface area contributed by atoms with Crippen LogP contribution in [0.5, 0.6) is 0 Å². The molecule has 1 aromatic heterocycles. The van der Waals surface area contributed by atoms with E-state index >= 15 is 0 Å². The number of aromatic nitrogens is 2. The third-order valence-corrected chi connectivity index (χ3v) is 4.50. The fraction of sp³-hybridized carbons (Fsp3) is 0.385. The van der Waals surface area contributed by atoms with Crippen molar-refractivity contribution in [2.75, 3.05) is 11.5 Å². The van der Waals surface area contributed by atoms with Crippen LogP contribution in [0.25, 0.3) is 0 Å². The Hall–Kier alpha value is -1.47. The van der Waals surface area contributed by atoms with Crippen LogP contribution in [0.2, 0.25) is 0 Å². The third kappa shape index (κ3) is 2.69. The standard InChI is InChI=1S/C13H13F2N3OS/c14-8-2-1-7(10(15)4-8)3-12-17-13(19-18-12)9-5-20-6-11(9)16/h1-2,4,9,11H,3,5-6,16H2. The van der Waals surface area contributed by atoms with Crippen LogP contribution in [0.1, 0.15) is 23.2 Å². The average Bonchev–Trinajstić information content (AvgIpc) is 3.01. The molecule has 20 heavy (non-hydrogen) atoms. The molecule has 1 fully saturated rings. The summed E-state index contributed by atoms with van der Waals surface area (Å²) in [6, 6.07) is 3.46. The maximum Gasteiger partial charge on any atom is 0.232 e. The van der Waals surface area contributed by atoms with Gasteiger partial charge in [-0.05, 0) is 11.6 Å². The van der Waals surface area contributed by atoms with Gasteiger partial charge in [-0.15, -0.1) is 0 Å². The lowest BCUT2D eigenvalue weighted by molar-refractivity contribution is 0.349. The Morgan fingerprint density at radius 3 is 2.90 bits per heavy atom. The number of hydrogen-bond acceptors (Lipinski definition) is 5. The monoisotopic (exact) mass is 297 g/mol. The van der Waals surface area contributed by atoms with Crippen LogP contribution in [0, 0.1) is 11.6 Å². The summed E-state index contributed by atoms with van der Waals surface area (Å²) in [6.45, 7) is 0. The van der Waals surface area contributed by atoms with E-state index in [0.29, 0.717) is 17.3 Å². The van der Waals surface area contributed by atoms with Gasteiger partial charge in [0.25, 0.3) is 0 Å². The molecule has 1 saturated heterocycles. The molecule has 0 radical (unpaired) electrons. The molecule has 2 unspecified atom stereocenters. The zero-order valence-corrected chi connectivity index (χ0v) is 11.4. The zero-order chi connectivity index (χ0) is 14.1. The van der Waals surface area contributed by atoms with Crippen molar-refractivity contribution in [2.24, 2.45) is 5.73 Å². The number of benzene rings is 1. The molecule has 2 N–H and O–H groups in total. The topological polar surface area (TPSA) is 64.9 Å². The summed E-state index contributed by atoms with van der Waals surface area (Å²) in [5.74, 6) is 1.45. The Labute approximate surface area is 118 Å². The van der Waals surface area contributed by atoms with Crippen LogP contribution in [0.15, 0.2) is 22.7 Å². The van der Waals surface area contributed by atoms with Crippen molar-refractivity contribution in [1.29, 1.82) is 0 Å². The first-order chi connectivity index (χ1) is 9.63. The van der Waals surface area contributed by atoms with Crippen LogP contribution in [-0.2, 0) is 6.42 Å². The van der Waals surface area contributed by atoms with Crippen LogP contribution in [0.4, 0.5) is 8.78 Å². The van der Waals surface area contributed by atoms with Crippen molar-refractivity contribution in [2.45, 2.75) is 18.4 Å².